The smallest absolute Gasteiger partial charge is 0.326 e. The van der Waals surface area contributed by atoms with E-state index in [1.54, 1.807) is 0 Å². The number of rotatable bonds is 3. The standard InChI is InChI=1S/C11H16BO2/c1-11(2,3)8-14-10-6-4-9(12-13)5-7-10/h4-7,13H,8H2,1-3H3. The third-order valence-corrected chi connectivity index (χ3v) is 1.70. The lowest BCUT2D eigenvalue weighted by Gasteiger charge is -2.18. The minimum absolute atomic E-state index is 0.168. The van der Waals surface area contributed by atoms with Crippen molar-refractivity contribution >= 4 is 12.9 Å². The molecule has 3 heteroatoms. The Morgan fingerprint density at radius 3 is 2.21 bits per heavy atom. The summed E-state index contributed by atoms with van der Waals surface area (Å²) in [7, 11) is 1.08. The fourth-order valence-electron chi connectivity index (χ4n) is 0.950. The van der Waals surface area contributed by atoms with Gasteiger partial charge in [0.25, 0.3) is 0 Å². The first-order valence-corrected chi connectivity index (χ1v) is 4.71. The molecule has 75 valence electrons. The molecule has 0 spiro atoms. The average molecular weight is 191 g/mol. The maximum atomic E-state index is 8.72. The highest BCUT2D eigenvalue weighted by atomic mass is 16.5. The molecule has 1 N–H and O–H groups in total. The number of ether oxygens (including phenoxy) is 1. The maximum Gasteiger partial charge on any atom is 0.326 e. The molecule has 1 aromatic carbocycles. The van der Waals surface area contributed by atoms with Crippen LogP contribution in [0.1, 0.15) is 20.8 Å². The normalized spacial score (nSPS) is 11.1. The van der Waals surface area contributed by atoms with E-state index >= 15 is 0 Å². The molecule has 1 radical (unpaired) electrons. The Labute approximate surface area is 86.2 Å². The molecular weight excluding hydrogens is 175 g/mol. The van der Waals surface area contributed by atoms with Gasteiger partial charge in [-0.15, -0.1) is 0 Å². The van der Waals surface area contributed by atoms with Crippen molar-refractivity contribution in [2.75, 3.05) is 6.61 Å². The molecule has 0 aliphatic heterocycles. The molecule has 14 heavy (non-hydrogen) atoms. The van der Waals surface area contributed by atoms with E-state index < -0.39 is 0 Å². The van der Waals surface area contributed by atoms with Crippen LogP contribution in [0.25, 0.3) is 0 Å². The van der Waals surface area contributed by atoms with Gasteiger partial charge < -0.3 is 9.76 Å². The lowest BCUT2D eigenvalue weighted by Crippen LogP contribution is -2.17. The van der Waals surface area contributed by atoms with Gasteiger partial charge in [0.05, 0.1) is 6.61 Å². The molecule has 1 rings (SSSR count). The van der Waals surface area contributed by atoms with Gasteiger partial charge in [-0.1, -0.05) is 38.4 Å². The fourth-order valence-corrected chi connectivity index (χ4v) is 0.950. The van der Waals surface area contributed by atoms with Crippen molar-refractivity contribution < 1.29 is 9.76 Å². The zero-order valence-electron chi connectivity index (χ0n) is 8.95. The van der Waals surface area contributed by atoms with Crippen LogP contribution in [0.4, 0.5) is 0 Å². The van der Waals surface area contributed by atoms with Crippen molar-refractivity contribution in [1.29, 1.82) is 0 Å². The van der Waals surface area contributed by atoms with E-state index in [4.69, 9.17) is 9.76 Å². The van der Waals surface area contributed by atoms with Crippen LogP contribution < -0.4 is 10.2 Å². The van der Waals surface area contributed by atoms with Gasteiger partial charge in [0.1, 0.15) is 5.75 Å². The van der Waals surface area contributed by atoms with Crippen LogP contribution in [-0.2, 0) is 0 Å². The van der Waals surface area contributed by atoms with Gasteiger partial charge in [-0.3, -0.25) is 0 Å². The van der Waals surface area contributed by atoms with Gasteiger partial charge in [0, 0.05) is 0 Å². The van der Waals surface area contributed by atoms with Crippen molar-refractivity contribution in [2.24, 2.45) is 5.41 Å². The molecule has 0 unspecified atom stereocenters. The zero-order chi connectivity index (χ0) is 10.6. The van der Waals surface area contributed by atoms with Gasteiger partial charge >= 0.3 is 7.48 Å². The molecular formula is C11H16BO2. The number of benzene rings is 1. The SMILES string of the molecule is CC(C)(C)COc1ccc([B]O)cc1. The minimum atomic E-state index is 0.168. The Morgan fingerprint density at radius 1 is 1.21 bits per heavy atom. The molecule has 0 aromatic heterocycles. The van der Waals surface area contributed by atoms with Crippen LogP contribution >= 0.6 is 0 Å². The molecule has 0 fully saturated rings. The van der Waals surface area contributed by atoms with E-state index in [1.165, 1.54) is 0 Å². The average Bonchev–Trinajstić information content (AvgIpc) is 2.14. The van der Waals surface area contributed by atoms with Crippen molar-refractivity contribution in [2.45, 2.75) is 20.8 Å². The summed E-state index contributed by atoms with van der Waals surface area (Å²) in [5.41, 5.74) is 0.954. The predicted octanol–water partition coefficient (Wildman–Crippen LogP) is 1.35. The first-order valence-electron chi connectivity index (χ1n) is 4.71. The van der Waals surface area contributed by atoms with Crippen LogP contribution in [0.2, 0.25) is 0 Å². The Hall–Kier alpha value is -0.955. The molecule has 0 aliphatic carbocycles. The van der Waals surface area contributed by atoms with Crippen LogP contribution in [0, 0.1) is 5.41 Å². The Kier molecular flexibility index (Phi) is 3.58. The highest BCUT2D eigenvalue weighted by Gasteiger charge is 2.10. The Balaban J connectivity index is 2.52. The molecule has 0 aliphatic rings. The lowest BCUT2D eigenvalue weighted by atomic mass is 9.89. The van der Waals surface area contributed by atoms with E-state index in [-0.39, 0.29) is 5.41 Å². The second-order valence-electron chi connectivity index (χ2n) is 4.55. The van der Waals surface area contributed by atoms with E-state index in [1.807, 2.05) is 24.3 Å². The van der Waals surface area contributed by atoms with Crippen molar-refractivity contribution in [3.8, 4) is 5.75 Å². The van der Waals surface area contributed by atoms with Gasteiger partial charge in [-0.05, 0) is 17.5 Å². The van der Waals surface area contributed by atoms with Crippen LogP contribution in [0.15, 0.2) is 24.3 Å². The van der Waals surface area contributed by atoms with Crippen molar-refractivity contribution in [3.63, 3.8) is 0 Å². The topological polar surface area (TPSA) is 29.5 Å². The Bertz CT molecular complexity index is 274. The molecule has 0 bridgehead atoms. The van der Waals surface area contributed by atoms with Gasteiger partial charge in [-0.25, -0.2) is 0 Å². The first-order chi connectivity index (χ1) is 6.51. The largest absolute Gasteiger partial charge is 0.493 e. The van der Waals surface area contributed by atoms with Gasteiger partial charge in [-0.2, -0.15) is 0 Å². The molecule has 0 saturated heterocycles. The summed E-state index contributed by atoms with van der Waals surface area (Å²) in [6.45, 7) is 7.07. The second-order valence-corrected chi connectivity index (χ2v) is 4.55. The first kappa shape index (κ1) is 11.1. The quantitative estimate of drug-likeness (QED) is 0.730. The zero-order valence-corrected chi connectivity index (χ0v) is 8.95. The summed E-state index contributed by atoms with van der Waals surface area (Å²) in [6, 6.07) is 7.34. The van der Waals surface area contributed by atoms with Crippen LogP contribution in [0.3, 0.4) is 0 Å². The summed E-state index contributed by atoms with van der Waals surface area (Å²) < 4.78 is 5.57. The molecule has 2 nitrogen and oxygen atoms in total. The Morgan fingerprint density at radius 2 is 1.79 bits per heavy atom. The highest BCUT2D eigenvalue weighted by Crippen LogP contribution is 2.16. The highest BCUT2D eigenvalue weighted by molar-refractivity contribution is 6.45. The lowest BCUT2D eigenvalue weighted by molar-refractivity contribution is 0.198. The number of hydrogen-bond acceptors (Lipinski definition) is 2. The van der Waals surface area contributed by atoms with E-state index in [0.29, 0.717) is 6.61 Å². The van der Waals surface area contributed by atoms with Crippen molar-refractivity contribution in [3.05, 3.63) is 24.3 Å². The minimum Gasteiger partial charge on any atom is -0.493 e. The molecule has 0 atom stereocenters. The summed E-state index contributed by atoms with van der Waals surface area (Å²) in [5.74, 6) is 0.838. The van der Waals surface area contributed by atoms with Crippen LogP contribution in [-0.4, -0.2) is 19.1 Å². The predicted molar refractivity (Wildman–Crippen MR) is 59.0 cm³/mol. The number of hydrogen-bond donors (Lipinski definition) is 1. The third-order valence-electron chi connectivity index (χ3n) is 1.70. The molecule has 0 heterocycles. The summed E-state index contributed by atoms with van der Waals surface area (Å²) in [4.78, 5) is 0. The van der Waals surface area contributed by atoms with Gasteiger partial charge in [0.2, 0.25) is 0 Å². The summed E-state index contributed by atoms with van der Waals surface area (Å²) in [5, 5.41) is 8.72. The van der Waals surface area contributed by atoms with Crippen LogP contribution in [0.5, 0.6) is 5.75 Å². The van der Waals surface area contributed by atoms with E-state index in [2.05, 4.69) is 20.8 Å². The summed E-state index contributed by atoms with van der Waals surface area (Å²) >= 11 is 0. The fraction of sp³-hybridized carbons (Fsp3) is 0.455. The van der Waals surface area contributed by atoms with E-state index in [9.17, 15) is 0 Å². The second kappa shape index (κ2) is 4.51. The monoisotopic (exact) mass is 191 g/mol. The van der Waals surface area contributed by atoms with Gasteiger partial charge in [0.15, 0.2) is 0 Å². The molecule has 1 aromatic rings. The summed E-state index contributed by atoms with van der Waals surface area (Å²) in [6.07, 6.45) is 0. The third kappa shape index (κ3) is 3.84. The molecule has 0 amide bonds. The maximum absolute atomic E-state index is 8.72. The van der Waals surface area contributed by atoms with Crippen molar-refractivity contribution in [1.82, 2.24) is 0 Å². The van der Waals surface area contributed by atoms with E-state index in [0.717, 1.165) is 18.7 Å². The molecule has 0 saturated carbocycles.